The number of benzene rings is 3. The van der Waals surface area contributed by atoms with Crippen LogP contribution in [0.15, 0.2) is 89.4 Å². The molecule has 1 aliphatic rings. The fraction of sp³-hybridized carbons (Fsp3) is 0.0769. The topological polar surface area (TPSA) is 94.3 Å². The number of fused-ring (bicyclic) bond motifs is 1. The standard InChI is InChI=1S/C26H19ClN4O2/c27-22-13-7-6-12-20(22)26(33)31-24-19-11-5-4-10-18(19)23(30-24)21(16-28)25(32)29-15-14-17-8-2-1-3-9-17/h1-13H,14-15H2,(H,29,32)(H,30,31,33). The van der Waals surface area contributed by atoms with Crippen molar-refractivity contribution in [1.82, 2.24) is 10.6 Å². The number of carbonyl (C=O) groups is 2. The van der Waals surface area contributed by atoms with E-state index in [-0.39, 0.29) is 17.1 Å². The summed E-state index contributed by atoms with van der Waals surface area (Å²) in [5, 5.41) is 15.6. The molecular weight excluding hydrogens is 436 g/mol. The molecule has 0 bridgehead atoms. The van der Waals surface area contributed by atoms with Gasteiger partial charge in [-0.3, -0.25) is 9.59 Å². The zero-order chi connectivity index (χ0) is 23.2. The number of hydrogen-bond acceptors (Lipinski definition) is 4. The van der Waals surface area contributed by atoms with E-state index in [0.717, 1.165) is 5.56 Å². The molecule has 0 spiro atoms. The van der Waals surface area contributed by atoms with Crippen molar-refractivity contribution in [3.05, 3.63) is 112 Å². The molecule has 2 amide bonds. The van der Waals surface area contributed by atoms with Gasteiger partial charge in [-0.2, -0.15) is 5.26 Å². The highest BCUT2D eigenvalue weighted by Gasteiger charge is 2.27. The van der Waals surface area contributed by atoms with E-state index in [1.807, 2.05) is 36.4 Å². The summed E-state index contributed by atoms with van der Waals surface area (Å²) in [6.45, 7) is 0.378. The lowest BCUT2D eigenvalue weighted by Crippen LogP contribution is -2.30. The van der Waals surface area contributed by atoms with Crippen LogP contribution in [0.2, 0.25) is 5.02 Å². The van der Waals surface area contributed by atoms with E-state index in [4.69, 9.17) is 11.6 Å². The van der Waals surface area contributed by atoms with E-state index in [1.165, 1.54) is 0 Å². The summed E-state index contributed by atoms with van der Waals surface area (Å²) in [5.74, 6) is -0.683. The number of amides is 2. The Hall–Kier alpha value is -4.21. The van der Waals surface area contributed by atoms with Gasteiger partial charge in [0.15, 0.2) is 0 Å². The van der Waals surface area contributed by atoms with Gasteiger partial charge in [0.05, 0.1) is 16.3 Å². The van der Waals surface area contributed by atoms with Gasteiger partial charge in [0.1, 0.15) is 17.5 Å². The van der Waals surface area contributed by atoms with E-state index in [1.54, 1.807) is 48.5 Å². The molecule has 0 atom stereocenters. The summed E-state index contributed by atoms with van der Waals surface area (Å²) in [4.78, 5) is 30.0. The molecule has 0 radical (unpaired) electrons. The van der Waals surface area contributed by atoms with Crippen LogP contribution in [-0.2, 0) is 11.2 Å². The first-order valence-electron chi connectivity index (χ1n) is 10.3. The number of halogens is 1. The lowest BCUT2D eigenvalue weighted by atomic mass is 10.0. The Morgan fingerprint density at radius 3 is 2.30 bits per heavy atom. The van der Waals surface area contributed by atoms with Crippen LogP contribution in [0, 0.1) is 11.3 Å². The van der Waals surface area contributed by atoms with Crippen molar-refractivity contribution in [3.63, 3.8) is 0 Å². The lowest BCUT2D eigenvalue weighted by molar-refractivity contribution is -0.117. The van der Waals surface area contributed by atoms with Gasteiger partial charge in [0, 0.05) is 17.7 Å². The van der Waals surface area contributed by atoms with Gasteiger partial charge in [-0.25, -0.2) is 4.99 Å². The highest BCUT2D eigenvalue weighted by Crippen LogP contribution is 2.30. The minimum atomic E-state index is -0.513. The molecule has 6 nitrogen and oxygen atoms in total. The molecule has 1 aliphatic heterocycles. The number of rotatable bonds is 5. The molecule has 162 valence electrons. The highest BCUT2D eigenvalue weighted by atomic mass is 35.5. The molecule has 0 saturated heterocycles. The summed E-state index contributed by atoms with van der Waals surface area (Å²) in [6, 6.07) is 25.5. The van der Waals surface area contributed by atoms with E-state index in [2.05, 4.69) is 15.6 Å². The molecule has 0 unspecified atom stereocenters. The van der Waals surface area contributed by atoms with Crippen LogP contribution in [0.3, 0.4) is 0 Å². The number of nitriles is 1. The Morgan fingerprint density at radius 1 is 0.909 bits per heavy atom. The van der Waals surface area contributed by atoms with Crippen molar-refractivity contribution in [2.45, 2.75) is 6.42 Å². The number of hydrogen-bond donors (Lipinski definition) is 2. The predicted molar refractivity (Wildman–Crippen MR) is 128 cm³/mol. The van der Waals surface area contributed by atoms with Gasteiger partial charge in [-0.05, 0) is 24.1 Å². The molecule has 3 aromatic rings. The third kappa shape index (κ3) is 4.84. The fourth-order valence-electron chi connectivity index (χ4n) is 3.50. The summed E-state index contributed by atoms with van der Waals surface area (Å²) >= 11 is 6.13. The lowest BCUT2D eigenvalue weighted by Gasteiger charge is -2.07. The van der Waals surface area contributed by atoms with Crippen LogP contribution in [0.25, 0.3) is 5.70 Å². The Labute approximate surface area is 196 Å². The number of carbonyl (C=O) groups excluding carboxylic acids is 2. The third-order valence-electron chi connectivity index (χ3n) is 5.13. The second-order valence-electron chi connectivity index (χ2n) is 7.27. The first-order chi connectivity index (χ1) is 16.1. The van der Waals surface area contributed by atoms with Gasteiger partial charge in [-0.1, -0.05) is 78.3 Å². The Morgan fingerprint density at radius 2 is 1.58 bits per heavy atom. The number of aliphatic imine (C=N–C) groups is 1. The van der Waals surface area contributed by atoms with Gasteiger partial charge in [-0.15, -0.1) is 0 Å². The summed E-state index contributed by atoms with van der Waals surface area (Å²) in [5.41, 5.74) is 2.71. The fourth-order valence-corrected chi connectivity index (χ4v) is 3.72. The van der Waals surface area contributed by atoms with Crippen molar-refractivity contribution < 1.29 is 9.59 Å². The molecule has 3 aromatic carbocycles. The Bertz CT molecular complexity index is 1320. The Kier molecular flexibility index (Phi) is 6.63. The Balaban J connectivity index is 1.59. The molecular formula is C26H19ClN4O2. The van der Waals surface area contributed by atoms with Crippen molar-refractivity contribution in [1.29, 1.82) is 5.26 Å². The molecule has 0 fully saturated rings. The zero-order valence-electron chi connectivity index (χ0n) is 17.5. The van der Waals surface area contributed by atoms with Crippen molar-refractivity contribution in [2.24, 2.45) is 4.99 Å². The van der Waals surface area contributed by atoms with Gasteiger partial charge >= 0.3 is 0 Å². The second-order valence-corrected chi connectivity index (χ2v) is 7.67. The SMILES string of the molecule is N#CC(C(=O)NCCc1ccccc1)=C1N=C(NC(=O)c2ccccc2Cl)c2ccccc21. The smallest absolute Gasteiger partial charge is 0.264 e. The summed E-state index contributed by atoms with van der Waals surface area (Å²) in [6.07, 6.45) is 0.639. The van der Waals surface area contributed by atoms with Gasteiger partial charge in [0.25, 0.3) is 11.8 Å². The average Bonchev–Trinajstić information content (AvgIpc) is 3.18. The molecule has 4 rings (SSSR count). The molecule has 7 heteroatoms. The van der Waals surface area contributed by atoms with E-state index in [0.29, 0.717) is 34.7 Å². The quantitative estimate of drug-likeness (QED) is 0.448. The number of nitrogens with zero attached hydrogens (tertiary/aromatic N) is 2. The van der Waals surface area contributed by atoms with Crippen LogP contribution < -0.4 is 10.6 Å². The molecule has 0 aliphatic carbocycles. The average molecular weight is 455 g/mol. The molecule has 2 N–H and O–H groups in total. The van der Waals surface area contributed by atoms with E-state index < -0.39 is 11.8 Å². The van der Waals surface area contributed by atoms with E-state index in [9.17, 15) is 14.9 Å². The van der Waals surface area contributed by atoms with Crippen LogP contribution in [0.5, 0.6) is 0 Å². The van der Waals surface area contributed by atoms with Gasteiger partial charge < -0.3 is 10.6 Å². The number of amidine groups is 1. The maximum atomic E-state index is 12.8. The maximum Gasteiger partial charge on any atom is 0.264 e. The first-order valence-corrected chi connectivity index (χ1v) is 10.7. The minimum absolute atomic E-state index is 0.113. The molecule has 33 heavy (non-hydrogen) atoms. The van der Waals surface area contributed by atoms with Crippen LogP contribution in [0.4, 0.5) is 0 Å². The highest BCUT2D eigenvalue weighted by molar-refractivity contribution is 6.34. The van der Waals surface area contributed by atoms with Crippen molar-refractivity contribution >= 4 is 34.9 Å². The molecule has 1 heterocycles. The maximum absolute atomic E-state index is 12.8. The second kappa shape index (κ2) is 9.94. The van der Waals surface area contributed by atoms with Crippen molar-refractivity contribution in [2.75, 3.05) is 6.54 Å². The summed E-state index contributed by atoms with van der Waals surface area (Å²) < 4.78 is 0. The molecule has 0 aromatic heterocycles. The molecule has 0 saturated carbocycles. The number of nitrogens with one attached hydrogen (secondary N) is 2. The third-order valence-corrected chi connectivity index (χ3v) is 5.46. The largest absolute Gasteiger partial charge is 0.351 e. The normalized spacial score (nSPS) is 13.4. The van der Waals surface area contributed by atoms with Crippen LogP contribution in [-0.4, -0.2) is 24.2 Å². The predicted octanol–water partition coefficient (Wildman–Crippen LogP) is 4.12. The summed E-state index contributed by atoms with van der Waals surface area (Å²) in [7, 11) is 0. The van der Waals surface area contributed by atoms with Crippen LogP contribution >= 0.6 is 11.6 Å². The van der Waals surface area contributed by atoms with E-state index >= 15 is 0 Å². The first kappa shape index (κ1) is 22.0. The monoisotopic (exact) mass is 454 g/mol. The van der Waals surface area contributed by atoms with Crippen molar-refractivity contribution in [3.8, 4) is 6.07 Å². The van der Waals surface area contributed by atoms with Gasteiger partial charge in [0.2, 0.25) is 0 Å². The van der Waals surface area contributed by atoms with Crippen LogP contribution in [0.1, 0.15) is 27.0 Å². The zero-order valence-corrected chi connectivity index (χ0v) is 18.3. The minimum Gasteiger partial charge on any atom is -0.351 e.